The van der Waals surface area contributed by atoms with E-state index in [0.717, 1.165) is 21.3 Å². The summed E-state index contributed by atoms with van der Waals surface area (Å²) in [6.45, 7) is 6.58. The molecule has 27 heavy (non-hydrogen) atoms. The van der Waals surface area contributed by atoms with Crippen molar-refractivity contribution in [3.63, 3.8) is 0 Å². The van der Waals surface area contributed by atoms with Crippen LogP contribution in [0.3, 0.4) is 0 Å². The zero-order valence-electron chi connectivity index (χ0n) is 15.8. The SMILES string of the molecule is CCOc1ccc(/C=C/C(=O)Nc2nc3c(C)c(C)ccc3s2)cc1OC. The molecule has 1 aromatic heterocycles. The summed E-state index contributed by atoms with van der Waals surface area (Å²) in [5, 5.41) is 3.43. The second-order valence-corrected chi connectivity index (χ2v) is 7.07. The molecule has 1 heterocycles. The van der Waals surface area contributed by atoms with Crippen LogP contribution in [0.1, 0.15) is 23.6 Å². The molecule has 0 aliphatic heterocycles. The van der Waals surface area contributed by atoms with Crippen molar-refractivity contribution in [2.24, 2.45) is 0 Å². The standard InChI is InChI=1S/C21H22N2O3S/c1-5-26-16-9-7-15(12-17(16)25-4)8-11-19(24)22-21-23-20-14(3)13(2)6-10-18(20)27-21/h6-12H,5H2,1-4H3,(H,22,23,24)/b11-8+. The fraction of sp³-hybridized carbons (Fsp3) is 0.238. The van der Waals surface area contributed by atoms with Crippen LogP contribution in [0.4, 0.5) is 5.13 Å². The van der Waals surface area contributed by atoms with Crippen LogP contribution in [-0.2, 0) is 4.79 Å². The Morgan fingerprint density at radius 1 is 1.22 bits per heavy atom. The third kappa shape index (κ3) is 4.28. The largest absolute Gasteiger partial charge is 0.493 e. The molecule has 0 atom stereocenters. The highest BCUT2D eigenvalue weighted by molar-refractivity contribution is 7.22. The summed E-state index contributed by atoms with van der Waals surface area (Å²) >= 11 is 1.47. The summed E-state index contributed by atoms with van der Waals surface area (Å²) in [4.78, 5) is 16.8. The summed E-state index contributed by atoms with van der Waals surface area (Å²) < 4.78 is 11.9. The van der Waals surface area contributed by atoms with Gasteiger partial charge in [-0.3, -0.25) is 10.1 Å². The van der Waals surface area contributed by atoms with Crippen LogP contribution in [0.15, 0.2) is 36.4 Å². The van der Waals surface area contributed by atoms with E-state index in [1.807, 2.05) is 38.1 Å². The first kappa shape index (κ1) is 18.9. The van der Waals surface area contributed by atoms with Gasteiger partial charge >= 0.3 is 0 Å². The molecule has 0 aliphatic carbocycles. The molecule has 3 rings (SSSR count). The van der Waals surface area contributed by atoms with E-state index in [2.05, 4.69) is 23.3 Å². The summed E-state index contributed by atoms with van der Waals surface area (Å²) in [5.74, 6) is 1.09. The van der Waals surface area contributed by atoms with Gasteiger partial charge in [0.25, 0.3) is 0 Å². The van der Waals surface area contributed by atoms with Crippen LogP contribution in [0.5, 0.6) is 11.5 Å². The lowest BCUT2D eigenvalue weighted by Gasteiger charge is -2.09. The summed E-state index contributed by atoms with van der Waals surface area (Å²) in [6.07, 6.45) is 3.22. The minimum absolute atomic E-state index is 0.226. The van der Waals surface area contributed by atoms with Gasteiger partial charge in [-0.2, -0.15) is 0 Å². The number of anilines is 1. The summed E-state index contributed by atoms with van der Waals surface area (Å²) in [5.41, 5.74) is 4.12. The predicted molar refractivity (Wildman–Crippen MR) is 111 cm³/mol. The Kier molecular flexibility index (Phi) is 5.76. The van der Waals surface area contributed by atoms with Gasteiger partial charge in [0.15, 0.2) is 16.6 Å². The van der Waals surface area contributed by atoms with E-state index in [-0.39, 0.29) is 5.91 Å². The Bertz CT molecular complexity index is 1010. The number of benzene rings is 2. The number of methoxy groups -OCH3 is 1. The van der Waals surface area contributed by atoms with E-state index in [0.29, 0.717) is 23.2 Å². The number of carbonyl (C=O) groups excluding carboxylic acids is 1. The average molecular weight is 382 g/mol. The van der Waals surface area contributed by atoms with E-state index in [4.69, 9.17) is 9.47 Å². The maximum absolute atomic E-state index is 12.3. The zero-order valence-corrected chi connectivity index (χ0v) is 16.6. The normalized spacial score (nSPS) is 11.1. The van der Waals surface area contributed by atoms with Gasteiger partial charge in [-0.25, -0.2) is 4.98 Å². The lowest BCUT2D eigenvalue weighted by molar-refractivity contribution is -0.111. The molecule has 0 bridgehead atoms. The van der Waals surface area contributed by atoms with Crippen LogP contribution in [0.25, 0.3) is 16.3 Å². The van der Waals surface area contributed by atoms with Crippen LogP contribution in [-0.4, -0.2) is 24.6 Å². The molecule has 1 amide bonds. The summed E-state index contributed by atoms with van der Waals surface area (Å²) in [6, 6.07) is 9.64. The van der Waals surface area contributed by atoms with Crippen molar-refractivity contribution in [3.05, 3.63) is 53.1 Å². The molecule has 6 heteroatoms. The van der Waals surface area contributed by atoms with Gasteiger partial charge in [0.1, 0.15) is 0 Å². The van der Waals surface area contributed by atoms with E-state index in [1.165, 1.54) is 23.0 Å². The molecular formula is C21H22N2O3S. The second-order valence-electron chi connectivity index (χ2n) is 6.04. The van der Waals surface area contributed by atoms with E-state index < -0.39 is 0 Å². The van der Waals surface area contributed by atoms with Gasteiger partial charge in [0, 0.05) is 6.08 Å². The van der Waals surface area contributed by atoms with Crippen molar-refractivity contribution >= 4 is 38.7 Å². The highest BCUT2D eigenvalue weighted by Gasteiger charge is 2.09. The third-order valence-corrected chi connectivity index (χ3v) is 5.17. The van der Waals surface area contributed by atoms with Crippen LogP contribution < -0.4 is 14.8 Å². The van der Waals surface area contributed by atoms with Crippen molar-refractivity contribution in [2.75, 3.05) is 19.0 Å². The number of nitrogens with one attached hydrogen (secondary N) is 1. The highest BCUT2D eigenvalue weighted by atomic mass is 32.1. The number of amides is 1. The first-order valence-electron chi connectivity index (χ1n) is 8.68. The van der Waals surface area contributed by atoms with Crippen molar-refractivity contribution < 1.29 is 14.3 Å². The molecule has 0 spiro atoms. The van der Waals surface area contributed by atoms with Gasteiger partial charge in [-0.15, -0.1) is 0 Å². The van der Waals surface area contributed by atoms with E-state index in [1.54, 1.807) is 13.2 Å². The first-order valence-corrected chi connectivity index (χ1v) is 9.50. The van der Waals surface area contributed by atoms with Gasteiger partial charge < -0.3 is 9.47 Å². The number of ether oxygens (including phenoxy) is 2. The maximum atomic E-state index is 12.3. The Morgan fingerprint density at radius 3 is 2.78 bits per heavy atom. The van der Waals surface area contributed by atoms with E-state index in [9.17, 15) is 4.79 Å². The number of fused-ring (bicyclic) bond motifs is 1. The second kappa shape index (κ2) is 8.22. The van der Waals surface area contributed by atoms with Gasteiger partial charge in [0.05, 0.1) is 23.9 Å². The number of aromatic nitrogens is 1. The average Bonchev–Trinajstić information content (AvgIpc) is 3.07. The van der Waals surface area contributed by atoms with E-state index >= 15 is 0 Å². The summed E-state index contributed by atoms with van der Waals surface area (Å²) in [7, 11) is 1.59. The number of thiazole rings is 1. The lowest BCUT2D eigenvalue weighted by atomic mass is 10.1. The molecule has 0 fully saturated rings. The molecule has 0 radical (unpaired) electrons. The molecule has 0 saturated carbocycles. The lowest BCUT2D eigenvalue weighted by Crippen LogP contribution is -2.07. The predicted octanol–water partition coefficient (Wildman–Crippen LogP) is 4.97. The molecule has 2 aromatic carbocycles. The highest BCUT2D eigenvalue weighted by Crippen LogP contribution is 2.30. The smallest absolute Gasteiger partial charge is 0.250 e. The molecule has 140 valence electrons. The molecule has 0 saturated heterocycles. The first-order chi connectivity index (χ1) is 13.0. The number of nitrogens with zero attached hydrogens (tertiary/aromatic N) is 1. The zero-order chi connectivity index (χ0) is 19.4. The Hall–Kier alpha value is -2.86. The van der Waals surface area contributed by atoms with Crippen molar-refractivity contribution in [1.82, 2.24) is 4.98 Å². The molecule has 1 N–H and O–H groups in total. The van der Waals surface area contributed by atoms with Crippen molar-refractivity contribution in [2.45, 2.75) is 20.8 Å². The molecule has 0 aliphatic rings. The quantitative estimate of drug-likeness (QED) is 0.611. The third-order valence-electron chi connectivity index (χ3n) is 4.23. The minimum atomic E-state index is -0.226. The molecule has 5 nitrogen and oxygen atoms in total. The molecular weight excluding hydrogens is 360 g/mol. The number of hydrogen-bond acceptors (Lipinski definition) is 5. The Balaban J connectivity index is 1.73. The topological polar surface area (TPSA) is 60.5 Å². The fourth-order valence-corrected chi connectivity index (χ4v) is 3.59. The fourth-order valence-electron chi connectivity index (χ4n) is 2.66. The number of aryl methyl sites for hydroxylation is 2. The van der Waals surface area contributed by atoms with Crippen LogP contribution >= 0.6 is 11.3 Å². The van der Waals surface area contributed by atoms with Crippen LogP contribution in [0.2, 0.25) is 0 Å². The minimum Gasteiger partial charge on any atom is -0.493 e. The number of hydrogen-bond donors (Lipinski definition) is 1. The Morgan fingerprint density at radius 2 is 2.04 bits per heavy atom. The number of rotatable bonds is 6. The Labute approximate surface area is 162 Å². The number of carbonyl (C=O) groups is 1. The van der Waals surface area contributed by atoms with Gasteiger partial charge in [-0.1, -0.05) is 23.5 Å². The molecule has 3 aromatic rings. The van der Waals surface area contributed by atoms with Crippen molar-refractivity contribution in [1.29, 1.82) is 0 Å². The van der Waals surface area contributed by atoms with Crippen molar-refractivity contribution in [3.8, 4) is 11.5 Å². The van der Waals surface area contributed by atoms with Gasteiger partial charge in [-0.05, 0) is 61.7 Å². The molecule has 0 unspecified atom stereocenters. The van der Waals surface area contributed by atoms with Gasteiger partial charge in [0.2, 0.25) is 5.91 Å². The van der Waals surface area contributed by atoms with Crippen LogP contribution in [0, 0.1) is 13.8 Å². The maximum Gasteiger partial charge on any atom is 0.250 e. The monoisotopic (exact) mass is 382 g/mol.